The molecule has 1 atom stereocenters. The van der Waals surface area contributed by atoms with E-state index in [4.69, 9.17) is 5.73 Å². The molecule has 0 aliphatic heterocycles. The number of imidazole rings is 1. The molecule has 3 N–H and O–H groups in total. The molecular weight excluding hydrogens is 360 g/mol. The molecule has 5 heteroatoms. The fourth-order valence-corrected chi connectivity index (χ4v) is 3.28. The molecule has 1 amide bonds. The Labute approximate surface area is 173 Å². The molecule has 3 aromatic rings. The van der Waals surface area contributed by atoms with E-state index in [0.29, 0.717) is 6.42 Å². The first-order chi connectivity index (χ1) is 14.1. The molecule has 152 valence electrons. The number of unbranched alkanes of at least 4 members (excludes halogenated alkanes) is 2. The van der Waals surface area contributed by atoms with Gasteiger partial charge >= 0.3 is 0 Å². The van der Waals surface area contributed by atoms with Crippen LogP contribution in [0, 0.1) is 0 Å². The van der Waals surface area contributed by atoms with E-state index in [1.807, 2.05) is 41.1 Å². The first-order valence-corrected chi connectivity index (χ1v) is 10.3. The van der Waals surface area contributed by atoms with E-state index in [1.54, 1.807) is 6.33 Å². The molecule has 1 heterocycles. The van der Waals surface area contributed by atoms with Crippen molar-refractivity contribution >= 4 is 11.6 Å². The van der Waals surface area contributed by atoms with E-state index in [1.165, 1.54) is 30.4 Å². The van der Waals surface area contributed by atoms with Gasteiger partial charge in [-0.15, -0.1) is 0 Å². The number of rotatable bonds is 10. The van der Waals surface area contributed by atoms with Gasteiger partial charge in [0.2, 0.25) is 5.91 Å². The van der Waals surface area contributed by atoms with E-state index in [0.717, 1.165) is 24.3 Å². The first kappa shape index (κ1) is 20.8. The minimum atomic E-state index is -0.640. The number of nitrogens with two attached hydrogens (primary N) is 1. The second-order valence-electron chi connectivity index (χ2n) is 7.48. The van der Waals surface area contributed by atoms with Crippen molar-refractivity contribution in [3.63, 3.8) is 0 Å². The summed E-state index contributed by atoms with van der Waals surface area (Å²) >= 11 is 0. The zero-order valence-electron chi connectivity index (χ0n) is 17.1. The number of carbonyl (C=O) groups is 1. The summed E-state index contributed by atoms with van der Waals surface area (Å²) in [5.41, 5.74) is 10.2. The third kappa shape index (κ3) is 6.57. The lowest BCUT2D eigenvalue weighted by molar-refractivity contribution is -0.117. The number of aryl methyl sites for hydroxylation is 1. The summed E-state index contributed by atoms with van der Waals surface area (Å²) < 4.78 is 2.01. The molecule has 0 spiro atoms. The van der Waals surface area contributed by atoms with E-state index in [9.17, 15) is 4.79 Å². The fraction of sp³-hybridized carbons (Fsp3) is 0.333. The maximum Gasteiger partial charge on any atom is 0.241 e. The van der Waals surface area contributed by atoms with Gasteiger partial charge in [0.05, 0.1) is 18.1 Å². The van der Waals surface area contributed by atoms with Crippen LogP contribution in [0.5, 0.6) is 0 Å². The molecule has 1 aromatic heterocycles. The highest BCUT2D eigenvalue weighted by Gasteiger charge is 2.16. The number of nitrogens with zero attached hydrogens (tertiary/aromatic N) is 2. The Bertz CT molecular complexity index is 887. The molecule has 2 aromatic carbocycles. The van der Waals surface area contributed by atoms with E-state index < -0.39 is 6.04 Å². The third-order valence-electron chi connectivity index (χ3n) is 4.95. The second kappa shape index (κ2) is 10.6. The van der Waals surface area contributed by atoms with E-state index >= 15 is 0 Å². The zero-order valence-corrected chi connectivity index (χ0v) is 17.1. The lowest BCUT2D eigenvalue weighted by Gasteiger charge is -2.11. The van der Waals surface area contributed by atoms with Gasteiger partial charge < -0.3 is 15.6 Å². The average molecular weight is 391 g/mol. The number of benzene rings is 2. The van der Waals surface area contributed by atoms with Crippen LogP contribution in [0.15, 0.2) is 67.1 Å². The maximum atomic E-state index is 12.4. The van der Waals surface area contributed by atoms with Crippen LogP contribution in [0.2, 0.25) is 0 Å². The molecule has 0 aliphatic rings. The summed E-state index contributed by atoms with van der Waals surface area (Å²) in [5.74, 6) is -0.193. The molecule has 0 radical (unpaired) electrons. The minimum absolute atomic E-state index is 0.193. The van der Waals surface area contributed by atoms with Crippen LogP contribution in [0.3, 0.4) is 0 Å². The van der Waals surface area contributed by atoms with Crippen LogP contribution in [0.4, 0.5) is 5.69 Å². The Balaban J connectivity index is 1.49. The fourth-order valence-electron chi connectivity index (χ4n) is 3.28. The normalized spacial score (nSPS) is 11.9. The number of amides is 1. The Morgan fingerprint density at radius 2 is 1.83 bits per heavy atom. The van der Waals surface area contributed by atoms with Crippen molar-refractivity contribution in [1.82, 2.24) is 9.55 Å². The van der Waals surface area contributed by atoms with Crippen LogP contribution < -0.4 is 11.1 Å². The van der Waals surface area contributed by atoms with Gasteiger partial charge in [-0.05, 0) is 36.1 Å². The van der Waals surface area contributed by atoms with Gasteiger partial charge in [0.15, 0.2) is 0 Å². The van der Waals surface area contributed by atoms with Gasteiger partial charge in [0.1, 0.15) is 0 Å². The van der Waals surface area contributed by atoms with Gasteiger partial charge in [0.25, 0.3) is 0 Å². The molecule has 0 aliphatic carbocycles. The van der Waals surface area contributed by atoms with Crippen molar-refractivity contribution in [1.29, 1.82) is 0 Å². The molecule has 0 saturated heterocycles. The van der Waals surface area contributed by atoms with Gasteiger partial charge in [-0.25, -0.2) is 4.98 Å². The molecule has 0 saturated carbocycles. The summed E-state index contributed by atoms with van der Waals surface area (Å²) in [7, 11) is 0. The van der Waals surface area contributed by atoms with Crippen LogP contribution in [-0.4, -0.2) is 21.5 Å². The highest BCUT2D eigenvalue weighted by atomic mass is 16.2. The van der Waals surface area contributed by atoms with Crippen molar-refractivity contribution < 1.29 is 4.79 Å². The van der Waals surface area contributed by atoms with E-state index in [-0.39, 0.29) is 5.91 Å². The predicted octanol–water partition coefficient (Wildman–Crippen LogP) is 4.17. The molecule has 29 heavy (non-hydrogen) atoms. The molecule has 0 unspecified atom stereocenters. The van der Waals surface area contributed by atoms with Gasteiger partial charge in [-0.3, -0.25) is 4.79 Å². The molecule has 0 fully saturated rings. The molecule has 0 bridgehead atoms. The highest BCUT2D eigenvalue weighted by molar-refractivity contribution is 5.94. The Morgan fingerprint density at radius 3 is 2.55 bits per heavy atom. The number of hydrogen-bond donors (Lipinski definition) is 2. The van der Waals surface area contributed by atoms with Crippen LogP contribution in [-0.2, 0) is 24.2 Å². The average Bonchev–Trinajstić information content (AvgIpc) is 3.17. The number of aromatic nitrogens is 2. The largest absolute Gasteiger partial charge is 0.333 e. The smallest absolute Gasteiger partial charge is 0.241 e. The lowest BCUT2D eigenvalue weighted by atomic mass is 10.1. The standard InChI is InChI=1S/C24H30N4O/c1-2-3-5-8-19-11-13-21(14-12-19)27-24(29)23(25)15-22-17-28(18-26-22)16-20-9-6-4-7-10-20/h4,6-7,9-14,17-18,23H,2-3,5,8,15-16,25H2,1H3,(H,27,29)/t23-/m0/s1. The van der Waals surface area contributed by atoms with Gasteiger partial charge in [0, 0.05) is 24.8 Å². The SMILES string of the molecule is CCCCCc1ccc(NC(=O)[C@@H](N)Cc2cn(Cc3ccccc3)cn2)cc1. The Morgan fingerprint density at radius 1 is 1.07 bits per heavy atom. The van der Waals surface area contributed by atoms with Crippen molar-refractivity contribution in [2.45, 2.75) is 51.6 Å². The van der Waals surface area contributed by atoms with Crippen LogP contribution in [0.25, 0.3) is 0 Å². The van der Waals surface area contributed by atoms with Crippen molar-refractivity contribution in [2.24, 2.45) is 5.73 Å². The van der Waals surface area contributed by atoms with Crippen LogP contribution >= 0.6 is 0 Å². The van der Waals surface area contributed by atoms with Crippen molar-refractivity contribution in [2.75, 3.05) is 5.32 Å². The number of carbonyl (C=O) groups excluding carboxylic acids is 1. The molecular formula is C24H30N4O. The number of hydrogen-bond acceptors (Lipinski definition) is 3. The number of nitrogens with one attached hydrogen (secondary N) is 1. The van der Waals surface area contributed by atoms with E-state index in [2.05, 4.69) is 41.5 Å². The quantitative estimate of drug-likeness (QED) is 0.510. The van der Waals surface area contributed by atoms with Gasteiger partial charge in [-0.1, -0.05) is 62.2 Å². The Hall–Kier alpha value is -2.92. The summed E-state index contributed by atoms with van der Waals surface area (Å²) in [5, 5.41) is 2.90. The third-order valence-corrected chi connectivity index (χ3v) is 4.95. The second-order valence-corrected chi connectivity index (χ2v) is 7.48. The highest BCUT2D eigenvalue weighted by Crippen LogP contribution is 2.13. The molecule has 3 rings (SSSR count). The van der Waals surface area contributed by atoms with Crippen molar-refractivity contribution in [3.05, 3.63) is 83.9 Å². The molecule has 5 nitrogen and oxygen atoms in total. The lowest BCUT2D eigenvalue weighted by Crippen LogP contribution is -2.37. The number of anilines is 1. The van der Waals surface area contributed by atoms with Gasteiger partial charge in [-0.2, -0.15) is 0 Å². The van der Waals surface area contributed by atoms with Crippen LogP contribution in [0.1, 0.15) is 43.0 Å². The summed E-state index contributed by atoms with van der Waals surface area (Å²) in [6.07, 6.45) is 8.88. The van der Waals surface area contributed by atoms with Crippen molar-refractivity contribution in [3.8, 4) is 0 Å². The maximum absolute atomic E-state index is 12.4. The Kier molecular flexibility index (Phi) is 7.59. The first-order valence-electron chi connectivity index (χ1n) is 10.3. The zero-order chi connectivity index (χ0) is 20.5. The predicted molar refractivity (Wildman–Crippen MR) is 118 cm³/mol. The monoisotopic (exact) mass is 390 g/mol. The summed E-state index contributed by atoms with van der Waals surface area (Å²) in [6, 6.07) is 17.6. The topological polar surface area (TPSA) is 72.9 Å². The summed E-state index contributed by atoms with van der Waals surface area (Å²) in [6.45, 7) is 2.95. The minimum Gasteiger partial charge on any atom is -0.333 e. The summed E-state index contributed by atoms with van der Waals surface area (Å²) in [4.78, 5) is 16.8.